The van der Waals surface area contributed by atoms with Crippen LogP contribution in [-0.4, -0.2) is 58.6 Å². The van der Waals surface area contributed by atoms with Gasteiger partial charge in [0.05, 0.1) is 11.9 Å². The third kappa shape index (κ3) is 3.68. The Morgan fingerprint density at radius 2 is 2.09 bits per heavy atom. The van der Waals surface area contributed by atoms with E-state index >= 15 is 0 Å². The molecule has 1 aliphatic heterocycles. The van der Waals surface area contributed by atoms with Crippen LogP contribution in [0.1, 0.15) is 23.2 Å². The summed E-state index contributed by atoms with van der Waals surface area (Å²) in [5.74, 6) is 1.35. The summed E-state index contributed by atoms with van der Waals surface area (Å²) < 4.78 is 5.00. The lowest BCUT2D eigenvalue weighted by molar-refractivity contribution is 0.0637. The number of hydrogen-bond acceptors (Lipinski definition) is 6. The summed E-state index contributed by atoms with van der Waals surface area (Å²) in [5.41, 5.74) is 1.24. The summed E-state index contributed by atoms with van der Waals surface area (Å²) >= 11 is 0. The molecule has 3 rings (SSSR count). The number of pyridine rings is 1. The lowest BCUT2D eigenvalue weighted by Gasteiger charge is -2.33. The molecule has 7 nitrogen and oxygen atoms in total. The van der Waals surface area contributed by atoms with Gasteiger partial charge in [-0.15, -0.1) is 0 Å². The molecular formula is C16H21N5O2. The van der Waals surface area contributed by atoms with Crippen LogP contribution in [-0.2, 0) is 0 Å². The first-order chi connectivity index (χ1) is 11.2. The molecule has 0 radical (unpaired) electrons. The predicted molar refractivity (Wildman–Crippen MR) is 86.8 cm³/mol. The molecule has 1 amide bonds. The number of nitrogens with one attached hydrogen (secondary N) is 1. The zero-order valence-corrected chi connectivity index (χ0v) is 13.5. The summed E-state index contributed by atoms with van der Waals surface area (Å²) in [5, 5.41) is 6.95. The van der Waals surface area contributed by atoms with Gasteiger partial charge in [-0.3, -0.25) is 4.79 Å². The Morgan fingerprint density at radius 1 is 1.30 bits per heavy atom. The molecule has 122 valence electrons. The van der Waals surface area contributed by atoms with Gasteiger partial charge in [-0.05, 0) is 25.6 Å². The van der Waals surface area contributed by atoms with Crippen molar-refractivity contribution >= 4 is 17.4 Å². The Labute approximate surface area is 135 Å². The van der Waals surface area contributed by atoms with Crippen LogP contribution >= 0.6 is 0 Å². The Hall–Kier alpha value is -2.41. The van der Waals surface area contributed by atoms with E-state index in [1.807, 2.05) is 17.9 Å². The highest BCUT2D eigenvalue weighted by Gasteiger charge is 2.22. The summed E-state index contributed by atoms with van der Waals surface area (Å²) in [6, 6.07) is 5.36. The first-order valence-electron chi connectivity index (χ1n) is 7.83. The number of anilines is 2. The van der Waals surface area contributed by atoms with Gasteiger partial charge in [0.1, 0.15) is 11.5 Å². The first-order valence-corrected chi connectivity index (χ1v) is 7.83. The monoisotopic (exact) mass is 315 g/mol. The number of aryl methyl sites for hydroxylation is 1. The van der Waals surface area contributed by atoms with E-state index in [4.69, 9.17) is 4.52 Å². The molecule has 0 aromatic carbocycles. The number of rotatable bonds is 4. The van der Waals surface area contributed by atoms with Crippen molar-refractivity contribution in [1.82, 2.24) is 19.9 Å². The van der Waals surface area contributed by atoms with Crippen molar-refractivity contribution in [2.75, 3.05) is 38.0 Å². The van der Waals surface area contributed by atoms with E-state index in [9.17, 15) is 4.79 Å². The largest absolute Gasteiger partial charge is 0.360 e. The van der Waals surface area contributed by atoms with Crippen molar-refractivity contribution in [3.63, 3.8) is 0 Å². The fourth-order valence-electron chi connectivity index (χ4n) is 2.60. The number of carbonyl (C=O) groups is 1. The van der Waals surface area contributed by atoms with Gasteiger partial charge >= 0.3 is 0 Å². The van der Waals surface area contributed by atoms with E-state index in [1.54, 1.807) is 18.3 Å². The predicted octanol–water partition coefficient (Wildman–Crippen LogP) is 1.90. The normalized spacial score (nSPS) is 15.7. The van der Waals surface area contributed by atoms with Gasteiger partial charge < -0.3 is 19.6 Å². The third-order valence-corrected chi connectivity index (χ3v) is 3.99. The number of aromatic nitrogens is 2. The van der Waals surface area contributed by atoms with Gasteiger partial charge in [0.15, 0.2) is 5.82 Å². The molecule has 1 fully saturated rings. The second-order valence-electron chi connectivity index (χ2n) is 5.61. The Balaban J connectivity index is 1.61. The van der Waals surface area contributed by atoms with Crippen molar-refractivity contribution in [2.45, 2.75) is 13.8 Å². The summed E-state index contributed by atoms with van der Waals surface area (Å²) in [6.45, 7) is 8.36. The minimum absolute atomic E-state index is 0.00964. The lowest BCUT2D eigenvalue weighted by atomic mass is 10.2. The molecule has 0 bridgehead atoms. The maximum absolute atomic E-state index is 12.5. The molecule has 0 atom stereocenters. The van der Waals surface area contributed by atoms with Gasteiger partial charge in [-0.25, -0.2) is 4.98 Å². The highest BCUT2D eigenvalue weighted by molar-refractivity contribution is 5.92. The van der Waals surface area contributed by atoms with E-state index in [0.29, 0.717) is 11.5 Å². The van der Waals surface area contributed by atoms with Gasteiger partial charge in [0.2, 0.25) is 0 Å². The summed E-state index contributed by atoms with van der Waals surface area (Å²) in [7, 11) is 0. The van der Waals surface area contributed by atoms with Crippen molar-refractivity contribution in [2.24, 2.45) is 0 Å². The highest BCUT2D eigenvalue weighted by atomic mass is 16.5. The van der Waals surface area contributed by atoms with E-state index in [2.05, 4.69) is 27.3 Å². The molecule has 23 heavy (non-hydrogen) atoms. The van der Waals surface area contributed by atoms with Crippen LogP contribution in [0, 0.1) is 6.92 Å². The topological polar surface area (TPSA) is 74.5 Å². The van der Waals surface area contributed by atoms with Crippen molar-refractivity contribution in [3.05, 3.63) is 35.9 Å². The summed E-state index contributed by atoms with van der Waals surface area (Å²) in [6.07, 6.45) is 1.64. The van der Waals surface area contributed by atoms with E-state index in [1.165, 1.54) is 0 Å². The molecule has 3 heterocycles. The molecule has 0 spiro atoms. The maximum Gasteiger partial charge on any atom is 0.272 e. The molecule has 0 unspecified atom stereocenters. The van der Waals surface area contributed by atoms with Crippen molar-refractivity contribution in [3.8, 4) is 0 Å². The van der Waals surface area contributed by atoms with Crippen LogP contribution in [0.15, 0.2) is 28.9 Å². The number of nitrogens with zero attached hydrogens (tertiary/aromatic N) is 4. The Bertz CT molecular complexity index is 659. The maximum atomic E-state index is 12.5. The number of hydrogen-bond donors (Lipinski definition) is 1. The van der Waals surface area contributed by atoms with E-state index in [-0.39, 0.29) is 5.91 Å². The second-order valence-corrected chi connectivity index (χ2v) is 5.61. The molecule has 2 aromatic heterocycles. The number of piperazine rings is 1. The molecular weight excluding hydrogens is 294 g/mol. The fourth-order valence-corrected chi connectivity index (χ4v) is 2.60. The zero-order valence-electron chi connectivity index (χ0n) is 13.5. The number of likely N-dealkylation sites (N-methyl/N-ethyl adjacent to an activating group) is 1. The van der Waals surface area contributed by atoms with Gasteiger partial charge in [-0.1, -0.05) is 12.1 Å². The van der Waals surface area contributed by atoms with E-state index in [0.717, 1.165) is 44.2 Å². The smallest absolute Gasteiger partial charge is 0.272 e. The van der Waals surface area contributed by atoms with Crippen LogP contribution in [0.5, 0.6) is 0 Å². The summed E-state index contributed by atoms with van der Waals surface area (Å²) in [4.78, 5) is 20.9. The SMILES string of the molecule is CCN1CCN(C(=O)c2ccc(Nc3cc(C)on3)cn2)CC1. The van der Waals surface area contributed by atoms with Crippen LogP contribution in [0.2, 0.25) is 0 Å². The third-order valence-electron chi connectivity index (χ3n) is 3.99. The van der Waals surface area contributed by atoms with Gasteiger partial charge in [0, 0.05) is 32.2 Å². The van der Waals surface area contributed by atoms with Crippen LogP contribution in [0.3, 0.4) is 0 Å². The van der Waals surface area contributed by atoms with E-state index < -0.39 is 0 Å². The van der Waals surface area contributed by atoms with Gasteiger partial charge in [0.25, 0.3) is 5.91 Å². The average Bonchev–Trinajstić information content (AvgIpc) is 3.00. The first kappa shape index (κ1) is 15.5. The molecule has 1 aliphatic rings. The lowest BCUT2D eigenvalue weighted by Crippen LogP contribution is -2.48. The van der Waals surface area contributed by atoms with Crippen molar-refractivity contribution in [1.29, 1.82) is 0 Å². The van der Waals surface area contributed by atoms with Crippen molar-refractivity contribution < 1.29 is 9.32 Å². The standard InChI is InChI=1S/C16H21N5O2/c1-3-20-6-8-21(9-7-20)16(22)14-5-4-13(11-17-14)18-15-10-12(2)23-19-15/h4-5,10-11H,3,6-9H2,1-2H3,(H,18,19). The second kappa shape index (κ2) is 6.78. The van der Waals surface area contributed by atoms with Crippen LogP contribution in [0.4, 0.5) is 11.5 Å². The highest BCUT2D eigenvalue weighted by Crippen LogP contribution is 2.16. The van der Waals surface area contributed by atoms with Crippen LogP contribution < -0.4 is 5.32 Å². The Kier molecular flexibility index (Phi) is 4.57. The minimum atomic E-state index is -0.00964. The molecule has 1 N–H and O–H groups in total. The molecule has 7 heteroatoms. The molecule has 2 aromatic rings. The Morgan fingerprint density at radius 3 is 2.65 bits per heavy atom. The molecule has 1 saturated heterocycles. The number of carbonyl (C=O) groups excluding carboxylic acids is 1. The zero-order chi connectivity index (χ0) is 16.2. The van der Waals surface area contributed by atoms with Gasteiger partial charge in [-0.2, -0.15) is 0 Å². The van der Waals surface area contributed by atoms with Crippen LogP contribution in [0.25, 0.3) is 0 Å². The average molecular weight is 315 g/mol. The minimum Gasteiger partial charge on any atom is -0.360 e. The molecule has 0 saturated carbocycles. The quantitative estimate of drug-likeness (QED) is 0.929. The molecule has 0 aliphatic carbocycles. The number of amides is 1. The fraction of sp³-hybridized carbons (Fsp3) is 0.438.